The predicted octanol–water partition coefficient (Wildman–Crippen LogP) is 2.28. The van der Waals surface area contributed by atoms with Crippen LogP contribution >= 0.6 is 0 Å². The molecule has 1 amide bonds. The number of pyridine rings is 1. The summed E-state index contributed by atoms with van der Waals surface area (Å²) in [6.07, 6.45) is -1.61. The molecule has 0 spiro atoms. The third kappa shape index (κ3) is 6.76. The molecule has 0 aliphatic carbocycles. The molecule has 0 saturated carbocycles. The number of rotatable bonds is 6. The second-order valence-corrected chi connectivity index (χ2v) is 7.20. The van der Waals surface area contributed by atoms with E-state index in [-0.39, 0.29) is 23.3 Å². The molecule has 31 heavy (non-hydrogen) atoms. The number of hydrogen-bond acceptors (Lipinski definition) is 6. The zero-order valence-corrected chi connectivity index (χ0v) is 16.9. The smallest absolute Gasteiger partial charge is 0.475 e. The summed E-state index contributed by atoms with van der Waals surface area (Å²) >= 11 is 0. The van der Waals surface area contributed by atoms with Crippen LogP contribution in [0, 0.1) is 11.2 Å². The third-order valence-corrected chi connectivity index (χ3v) is 5.11. The molecule has 2 fully saturated rings. The van der Waals surface area contributed by atoms with Gasteiger partial charge in [0.2, 0.25) is 11.8 Å². The largest absolute Gasteiger partial charge is 0.490 e. The van der Waals surface area contributed by atoms with Crippen LogP contribution < -0.4 is 4.74 Å². The average molecular weight is 452 g/mol. The summed E-state index contributed by atoms with van der Waals surface area (Å²) in [6.45, 7) is 2.58. The van der Waals surface area contributed by atoms with E-state index in [1.54, 1.807) is 7.11 Å². The highest BCUT2D eigenvalue weighted by molar-refractivity contribution is 5.76. The molecule has 12 heteroatoms. The van der Waals surface area contributed by atoms with E-state index in [1.165, 1.54) is 18.3 Å². The van der Waals surface area contributed by atoms with Crippen molar-refractivity contribution >= 4 is 11.9 Å². The molecular formula is C19H24F4N2O6. The zero-order valence-electron chi connectivity index (χ0n) is 16.9. The van der Waals surface area contributed by atoms with Gasteiger partial charge in [-0.25, -0.2) is 14.2 Å². The van der Waals surface area contributed by atoms with Crippen molar-refractivity contribution in [2.75, 3.05) is 40.0 Å². The van der Waals surface area contributed by atoms with Crippen LogP contribution in [0.3, 0.4) is 0 Å². The van der Waals surface area contributed by atoms with E-state index in [9.17, 15) is 22.4 Å². The number of fused-ring (bicyclic) bond motifs is 1. The first-order chi connectivity index (χ1) is 14.6. The van der Waals surface area contributed by atoms with Gasteiger partial charge >= 0.3 is 12.1 Å². The SMILES string of the molecule is COCCC(=O)N1CC[C@H]2OCC[C@@]2(COc2ncccc2F)C1.O=C(O)C(F)(F)F. The van der Waals surface area contributed by atoms with Crippen LogP contribution in [0.4, 0.5) is 17.6 Å². The maximum absolute atomic E-state index is 13.7. The fraction of sp³-hybridized carbons (Fsp3) is 0.632. The van der Waals surface area contributed by atoms with Crippen molar-refractivity contribution in [2.45, 2.75) is 31.5 Å². The van der Waals surface area contributed by atoms with Crippen molar-refractivity contribution in [3.63, 3.8) is 0 Å². The molecule has 0 aromatic carbocycles. The number of methoxy groups -OCH3 is 1. The van der Waals surface area contributed by atoms with E-state index in [0.717, 1.165) is 12.8 Å². The van der Waals surface area contributed by atoms with Crippen LogP contribution in [0.2, 0.25) is 0 Å². The van der Waals surface area contributed by atoms with Crippen LogP contribution in [0.25, 0.3) is 0 Å². The standard InChI is InChI=1S/C17H23FN2O4.C2HF3O2/c1-22-9-5-15(21)20-8-4-14-17(11-20,6-10-23-14)12-24-16-13(18)3-2-7-19-16;3-2(4,5)1(6)7/h2-3,7,14H,4-6,8-12H2,1H3;(H,6,7)/t14-,17+;/m1./s1. The number of carbonyl (C=O) groups excluding carboxylic acids is 1. The molecule has 0 unspecified atom stereocenters. The van der Waals surface area contributed by atoms with E-state index >= 15 is 0 Å². The van der Waals surface area contributed by atoms with Crippen LogP contribution in [-0.2, 0) is 19.1 Å². The van der Waals surface area contributed by atoms with Gasteiger partial charge in [-0.2, -0.15) is 13.2 Å². The number of ether oxygens (including phenoxy) is 3. The predicted molar refractivity (Wildman–Crippen MR) is 97.9 cm³/mol. The maximum Gasteiger partial charge on any atom is 0.490 e. The molecule has 2 saturated heterocycles. The van der Waals surface area contributed by atoms with Gasteiger partial charge in [-0.1, -0.05) is 0 Å². The summed E-state index contributed by atoms with van der Waals surface area (Å²) < 4.78 is 61.9. The summed E-state index contributed by atoms with van der Waals surface area (Å²) in [6, 6.07) is 2.85. The van der Waals surface area contributed by atoms with Gasteiger partial charge in [0.15, 0.2) is 5.82 Å². The Bertz CT molecular complexity index is 763. The number of halogens is 4. The number of hydrogen-bond donors (Lipinski definition) is 1. The molecular weight excluding hydrogens is 428 g/mol. The van der Waals surface area contributed by atoms with Crippen LogP contribution in [0.5, 0.6) is 5.88 Å². The molecule has 2 aliphatic heterocycles. The molecule has 0 bridgehead atoms. The van der Waals surface area contributed by atoms with E-state index in [1.807, 2.05) is 4.90 Å². The molecule has 0 radical (unpaired) electrons. The van der Waals surface area contributed by atoms with Crippen molar-refractivity contribution in [1.82, 2.24) is 9.88 Å². The Labute approximate surface area is 176 Å². The van der Waals surface area contributed by atoms with Crippen LogP contribution in [0.1, 0.15) is 19.3 Å². The minimum Gasteiger partial charge on any atom is -0.475 e. The molecule has 1 N–H and O–H groups in total. The van der Waals surface area contributed by atoms with Gasteiger partial charge in [0.1, 0.15) is 0 Å². The summed E-state index contributed by atoms with van der Waals surface area (Å²) in [7, 11) is 1.58. The Kier molecular flexibility index (Phi) is 8.57. The number of aromatic nitrogens is 1. The molecule has 1 aromatic heterocycles. The number of amides is 1. The molecule has 3 heterocycles. The minimum atomic E-state index is -5.08. The quantitative estimate of drug-likeness (QED) is 0.662. The van der Waals surface area contributed by atoms with E-state index in [2.05, 4.69) is 4.98 Å². The Morgan fingerprint density at radius 1 is 1.42 bits per heavy atom. The number of carbonyl (C=O) groups is 2. The van der Waals surface area contributed by atoms with Gasteiger partial charge in [0.25, 0.3) is 0 Å². The maximum atomic E-state index is 13.7. The summed E-state index contributed by atoms with van der Waals surface area (Å²) in [5.74, 6) is -3.16. The van der Waals surface area contributed by atoms with Crippen molar-refractivity contribution < 1.29 is 46.5 Å². The first-order valence-electron chi connectivity index (χ1n) is 9.51. The third-order valence-electron chi connectivity index (χ3n) is 5.11. The minimum absolute atomic E-state index is 0.000331. The number of likely N-dealkylation sites (tertiary alicyclic amines) is 1. The lowest BCUT2D eigenvalue weighted by Gasteiger charge is -2.43. The average Bonchev–Trinajstić information content (AvgIpc) is 3.14. The second kappa shape index (κ2) is 10.7. The van der Waals surface area contributed by atoms with Crippen molar-refractivity contribution in [1.29, 1.82) is 0 Å². The summed E-state index contributed by atoms with van der Waals surface area (Å²) in [5, 5.41) is 7.12. The molecule has 2 atom stereocenters. The van der Waals surface area contributed by atoms with Crippen LogP contribution in [-0.4, -0.2) is 79.2 Å². The lowest BCUT2D eigenvalue weighted by Crippen LogP contribution is -2.54. The molecule has 2 aliphatic rings. The Morgan fingerprint density at radius 3 is 2.74 bits per heavy atom. The van der Waals surface area contributed by atoms with Crippen LogP contribution in [0.15, 0.2) is 18.3 Å². The number of piperidine rings is 1. The van der Waals surface area contributed by atoms with Gasteiger partial charge < -0.3 is 24.2 Å². The van der Waals surface area contributed by atoms with Gasteiger partial charge in [0, 0.05) is 33.0 Å². The lowest BCUT2D eigenvalue weighted by atomic mass is 9.77. The molecule has 3 rings (SSSR count). The van der Waals surface area contributed by atoms with Gasteiger partial charge in [0.05, 0.1) is 31.2 Å². The number of carboxylic acids is 1. The Morgan fingerprint density at radius 2 is 2.13 bits per heavy atom. The fourth-order valence-corrected chi connectivity index (χ4v) is 3.51. The first-order valence-corrected chi connectivity index (χ1v) is 9.51. The van der Waals surface area contributed by atoms with Crippen molar-refractivity contribution in [3.8, 4) is 5.88 Å². The molecule has 1 aromatic rings. The molecule has 174 valence electrons. The first kappa shape index (κ1) is 24.8. The van der Waals surface area contributed by atoms with E-state index < -0.39 is 18.0 Å². The van der Waals surface area contributed by atoms with E-state index in [0.29, 0.717) is 39.3 Å². The molecule has 8 nitrogen and oxygen atoms in total. The monoisotopic (exact) mass is 452 g/mol. The second-order valence-electron chi connectivity index (χ2n) is 7.20. The van der Waals surface area contributed by atoms with Crippen molar-refractivity contribution in [3.05, 3.63) is 24.1 Å². The van der Waals surface area contributed by atoms with Gasteiger partial charge in [-0.3, -0.25) is 4.79 Å². The van der Waals surface area contributed by atoms with Gasteiger partial charge in [-0.05, 0) is 25.0 Å². The number of alkyl halides is 3. The highest BCUT2D eigenvalue weighted by atomic mass is 19.4. The summed E-state index contributed by atoms with van der Waals surface area (Å²) in [4.78, 5) is 27.0. The highest BCUT2D eigenvalue weighted by Gasteiger charge is 2.49. The highest BCUT2D eigenvalue weighted by Crippen LogP contribution is 2.41. The Balaban J connectivity index is 0.000000423. The summed E-state index contributed by atoms with van der Waals surface area (Å²) in [5.41, 5.74) is -0.301. The van der Waals surface area contributed by atoms with Crippen molar-refractivity contribution in [2.24, 2.45) is 5.41 Å². The Hall–Kier alpha value is -2.47. The lowest BCUT2D eigenvalue weighted by molar-refractivity contribution is -0.192. The normalized spacial score (nSPS) is 22.9. The number of nitrogens with zero attached hydrogens (tertiary/aromatic N) is 2. The zero-order chi connectivity index (χ0) is 23.1. The van der Waals surface area contributed by atoms with Gasteiger partial charge in [-0.15, -0.1) is 0 Å². The fourth-order valence-electron chi connectivity index (χ4n) is 3.51. The number of aliphatic carboxylic acids is 1. The van der Waals surface area contributed by atoms with E-state index in [4.69, 9.17) is 24.1 Å². The number of carboxylic acid groups (broad SMARTS) is 1. The topological polar surface area (TPSA) is 98.2 Å².